The monoisotopic (exact) mass is 419 g/mol. The van der Waals surface area contributed by atoms with Gasteiger partial charge in [0.15, 0.2) is 10.8 Å². The van der Waals surface area contributed by atoms with E-state index < -0.39 is 0 Å². The van der Waals surface area contributed by atoms with Crippen LogP contribution in [0.4, 0.5) is 10.8 Å². The summed E-state index contributed by atoms with van der Waals surface area (Å²) < 4.78 is 5.52. The van der Waals surface area contributed by atoms with Crippen molar-refractivity contribution >= 4 is 28.1 Å². The predicted molar refractivity (Wildman–Crippen MR) is 120 cm³/mol. The van der Waals surface area contributed by atoms with E-state index in [1.165, 1.54) is 11.3 Å². The Morgan fingerprint density at radius 3 is 2.47 bits per heavy atom. The molecule has 0 spiro atoms. The highest BCUT2D eigenvalue weighted by atomic mass is 32.1. The van der Waals surface area contributed by atoms with E-state index in [1.807, 2.05) is 67.9 Å². The van der Waals surface area contributed by atoms with Crippen molar-refractivity contribution in [1.29, 1.82) is 0 Å². The van der Waals surface area contributed by atoms with Gasteiger partial charge in [-0.3, -0.25) is 10.1 Å². The van der Waals surface area contributed by atoms with Crippen LogP contribution in [0.2, 0.25) is 0 Å². The molecule has 3 N–H and O–H groups in total. The molecule has 0 aliphatic heterocycles. The van der Waals surface area contributed by atoms with Crippen molar-refractivity contribution in [2.75, 3.05) is 24.3 Å². The Kier molecular flexibility index (Phi) is 5.76. The molecule has 2 aromatic carbocycles. The number of benzene rings is 2. The largest absolute Gasteiger partial charge is 0.494 e. The minimum Gasteiger partial charge on any atom is -0.494 e. The average Bonchev–Trinajstić information content (AvgIpc) is 3.45. The van der Waals surface area contributed by atoms with Gasteiger partial charge in [0.1, 0.15) is 11.6 Å². The van der Waals surface area contributed by atoms with E-state index in [0.29, 0.717) is 29.0 Å². The third-order valence-corrected chi connectivity index (χ3v) is 5.16. The number of carbonyl (C=O) groups excluding carboxylic acids is 1. The van der Waals surface area contributed by atoms with Crippen molar-refractivity contribution in [3.05, 3.63) is 65.8 Å². The zero-order valence-electron chi connectivity index (χ0n) is 16.6. The number of carbonyl (C=O) groups is 1. The maximum absolute atomic E-state index is 13.0. The van der Waals surface area contributed by atoms with Crippen molar-refractivity contribution in [3.8, 4) is 28.4 Å². The summed E-state index contributed by atoms with van der Waals surface area (Å²) in [6.07, 6.45) is 1.65. The van der Waals surface area contributed by atoms with Gasteiger partial charge in [-0.15, -0.1) is 11.3 Å². The van der Waals surface area contributed by atoms with Gasteiger partial charge in [-0.2, -0.15) is 0 Å². The molecule has 1 amide bonds. The van der Waals surface area contributed by atoms with Gasteiger partial charge in [0.2, 0.25) is 0 Å². The SMILES string of the molecule is CCOc1ccc(-c2[nH]c(-c3ccc(NC)cc3)nc2C(=O)Nc2nccs2)cc1. The lowest BCUT2D eigenvalue weighted by Crippen LogP contribution is -2.13. The first-order valence-electron chi connectivity index (χ1n) is 9.50. The second-order valence-corrected chi connectivity index (χ2v) is 7.28. The molecule has 0 atom stereocenters. The summed E-state index contributed by atoms with van der Waals surface area (Å²) in [4.78, 5) is 25.0. The number of aromatic amines is 1. The number of H-pyrrole nitrogens is 1. The Bertz CT molecular complexity index is 1120. The van der Waals surface area contributed by atoms with Gasteiger partial charge in [0.25, 0.3) is 5.91 Å². The Balaban J connectivity index is 1.73. The fourth-order valence-electron chi connectivity index (χ4n) is 3.00. The molecule has 30 heavy (non-hydrogen) atoms. The van der Waals surface area contributed by atoms with Crippen LogP contribution in [0.5, 0.6) is 5.75 Å². The van der Waals surface area contributed by atoms with Gasteiger partial charge >= 0.3 is 0 Å². The molecule has 0 fully saturated rings. The molecule has 0 unspecified atom stereocenters. The quantitative estimate of drug-likeness (QED) is 0.397. The number of ether oxygens (including phenoxy) is 1. The maximum atomic E-state index is 13.0. The highest BCUT2D eigenvalue weighted by molar-refractivity contribution is 7.13. The molecule has 0 bridgehead atoms. The zero-order valence-corrected chi connectivity index (χ0v) is 17.4. The van der Waals surface area contributed by atoms with Crippen LogP contribution in [0.15, 0.2) is 60.1 Å². The van der Waals surface area contributed by atoms with E-state index >= 15 is 0 Å². The van der Waals surface area contributed by atoms with Crippen molar-refractivity contribution in [2.45, 2.75) is 6.92 Å². The minimum absolute atomic E-state index is 0.307. The Labute approximate surface area is 178 Å². The summed E-state index contributed by atoms with van der Waals surface area (Å²) in [6.45, 7) is 2.53. The van der Waals surface area contributed by atoms with E-state index in [1.54, 1.807) is 6.20 Å². The number of hydrogen-bond donors (Lipinski definition) is 3. The molecule has 0 saturated heterocycles. The van der Waals surface area contributed by atoms with Gasteiger partial charge in [0.05, 0.1) is 12.3 Å². The summed E-state index contributed by atoms with van der Waals surface area (Å²) >= 11 is 1.36. The molecular formula is C22H21N5O2S. The highest BCUT2D eigenvalue weighted by Crippen LogP contribution is 2.29. The molecule has 0 aliphatic carbocycles. The van der Waals surface area contributed by atoms with Gasteiger partial charge in [-0.05, 0) is 55.5 Å². The topological polar surface area (TPSA) is 91.9 Å². The van der Waals surface area contributed by atoms with Gasteiger partial charge < -0.3 is 15.0 Å². The lowest BCUT2D eigenvalue weighted by molar-refractivity contribution is 0.102. The van der Waals surface area contributed by atoms with Crippen molar-refractivity contribution in [3.63, 3.8) is 0 Å². The summed E-state index contributed by atoms with van der Waals surface area (Å²) in [5.41, 5.74) is 3.67. The fourth-order valence-corrected chi connectivity index (χ4v) is 3.53. The summed E-state index contributed by atoms with van der Waals surface area (Å²) in [5.74, 6) is 1.08. The van der Waals surface area contributed by atoms with Crippen LogP contribution in [0.25, 0.3) is 22.6 Å². The van der Waals surface area contributed by atoms with Crippen molar-refractivity contribution in [2.24, 2.45) is 0 Å². The van der Waals surface area contributed by atoms with Crippen LogP contribution in [0.3, 0.4) is 0 Å². The third-order valence-electron chi connectivity index (χ3n) is 4.47. The molecule has 152 valence electrons. The van der Waals surface area contributed by atoms with Gasteiger partial charge in [-0.25, -0.2) is 9.97 Å². The van der Waals surface area contributed by atoms with E-state index in [2.05, 4.69) is 25.6 Å². The lowest BCUT2D eigenvalue weighted by Gasteiger charge is -2.05. The first-order valence-corrected chi connectivity index (χ1v) is 10.4. The van der Waals surface area contributed by atoms with Crippen LogP contribution >= 0.6 is 11.3 Å². The molecular weight excluding hydrogens is 398 g/mol. The number of hydrogen-bond acceptors (Lipinski definition) is 6. The van der Waals surface area contributed by atoms with Gasteiger partial charge in [0, 0.05) is 35.4 Å². The predicted octanol–water partition coefficient (Wildman–Crippen LogP) is 4.89. The number of nitrogens with one attached hydrogen (secondary N) is 3. The molecule has 8 heteroatoms. The Morgan fingerprint density at radius 2 is 1.83 bits per heavy atom. The van der Waals surface area contributed by atoms with E-state index in [-0.39, 0.29) is 5.91 Å². The maximum Gasteiger partial charge on any atom is 0.278 e. The molecule has 4 aromatic rings. The third kappa shape index (κ3) is 4.18. The molecule has 2 heterocycles. The van der Waals surface area contributed by atoms with Crippen LogP contribution < -0.4 is 15.4 Å². The molecule has 0 aliphatic rings. The standard InChI is InChI=1S/C22H21N5O2S/c1-3-29-17-10-6-14(7-11-17)18-19(21(28)27-22-24-12-13-30-22)26-20(25-18)15-4-8-16(23-2)9-5-15/h4-13,23H,3H2,1-2H3,(H,25,26)(H,24,27,28). The van der Waals surface area contributed by atoms with E-state index in [0.717, 1.165) is 22.6 Å². The first-order chi connectivity index (χ1) is 14.7. The number of rotatable bonds is 7. The van der Waals surface area contributed by atoms with Crippen LogP contribution in [0, 0.1) is 0 Å². The number of aromatic nitrogens is 3. The number of imidazole rings is 1. The van der Waals surface area contributed by atoms with Crippen LogP contribution in [-0.4, -0.2) is 34.5 Å². The minimum atomic E-state index is -0.317. The molecule has 4 rings (SSSR count). The second kappa shape index (κ2) is 8.79. The Morgan fingerprint density at radius 1 is 1.10 bits per heavy atom. The van der Waals surface area contributed by atoms with Crippen LogP contribution in [0.1, 0.15) is 17.4 Å². The van der Waals surface area contributed by atoms with Crippen molar-refractivity contribution in [1.82, 2.24) is 15.0 Å². The van der Waals surface area contributed by atoms with Gasteiger partial charge in [-0.1, -0.05) is 0 Å². The second-order valence-electron chi connectivity index (χ2n) is 6.39. The summed E-state index contributed by atoms with van der Waals surface area (Å²) in [7, 11) is 1.87. The van der Waals surface area contributed by atoms with Crippen molar-refractivity contribution < 1.29 is 9.53 Å². The number of anilines is 2. The lowest BCUT2D eigenvalue weighted by atomic mass is 10.1. The first kappa shape index (κ1) is 19.7. The average molecular weight is 420 g/mol. The molecule has 0 radical (unpaired) electrons. The highest BCUT2D eigenvalue weighted by Gasteiger charge is 2.20. The van der Waals surface area contributed by atoms with E-state index in [9.17, 15) is 4.79 Å². The number of thiazole rings is 1. The molecule has 0 saturated carbocycles. The van der Waals surface area contributed by atoms with Crippen LogP contribution in [-0.2, 0) is 0 Å². The fraction of sp³-hybridized carbons (Fsp3) is 0.136. The number of nitrogens with zero attached hydrogens (tertiary/aromatic N) is 2. The number of amides is 1. The normalized spacial score (nSPS) is 10.6. The van der Waals surface area contributed by atoms with E-state index in [4.69, 9.17) is 4.74 Å². The summed E-state index contributed by atoms with van der Waals surface area (Å²) in [6, 6.07) is 15.4. The zero-order chi connectivity index (χ0) is 20.9. The Hall–Kier alpha value is -3.65. The smallest absolute Gasteiger partial charge is 0.278 e. The molecule has 2 aromatic heterocycles. The summed E-state index contributed by atoms with van der Waals surface area (Å²) in [5, 5.41) is 8.24. The molecule has 7 nitrogen and oxygen atoms in total.